The van der Waals surface area contributed by atoms with Crippen LogP contribution in [0, 0.1) is 11.3 Å². The molecule has 0 aliphatic heterocycles. The molecule has 0 unspecified atom stereocenters. The first kappa shape index (κ1) is 13.2. The van der Waals surface area contributed by atoms with E-state index >= 15 is 0 Å². The van der Waals surface area contributed by atoms with E-state index in [-0.39, 0.29) is 23.4 Å². The van der Waals surface area contributed by atoms with Crippen LogP contribution in [0.15, 0.2) is 6.20 Å². The highest BCUT2D eigenvalue weighted by molar-refractivity contribution is 5.91. The number of esters is 1. The molecule has 0 amide bonds. The Bertz CT molecular complexity index is 455. The Morgan fingerprint density at radius 1 is 1.59 bits per heavy atom. The molecular weight excluding hydrogens is 218 g/mol. The molecule has 0 N–H and O–H groups in total. The lowest BCUT2D eigenvalue weighted by atomic mass is 10.0. The van der Waals surface area contributed by atoms with Gasteiger partial charge in [-0.2, -0.15) is 10.4 Å². The first-order chi connectivity index (χ1) is 7.96. The first-order valence-corrected chi connectivity index (χ1v) is 5.63. The van der Waals surface area contributed by atoms with Gasteiger partial charge in [-0.05, 0) is 27.2 Å². The van der Waals surface area contributed by atoms with Crippen LogP contribution in [0.2, 0.25) is 0 Å². The fourth-order valence-electron chi connectivity index (χ4n) is 1.29. The Morgan fingerprint density at radius 3 is 2.71 bits per heavy atom. The van der Waals surface area contributed by atoms with Crippen molar-refractivity contribution in [1.29, 1.82) is 5.26 Å². The number of hydrogen-bond donors (Lipinski definition) is 0. The SMILES string of the molecule is CCOC(=O)c1cn(C(C)(C)CC)nc1C#N. The third kappa shape index (κ3) is 2.64. The molecule has 17 heavy (non-hydrogen) atoms. The molecule has 5 nitrogen and oxygen atoms in total. The number of ether oxygens (including phenoxy) is 1. The van der Waals surface area contributed by atoms with Gasteiger partial charge in [0.2, 0.25) is 0 Å². The van der Waals surface area contributed by atoms with Crippen LogP contribution in [0.3, 0.4) is 0 Å². The Kier molecular flexibility index (Phi) is 3.89. The summed E-state index contributed by atoms with van der Waals surface area (Å²) in [5, 5.41) is 13.1. The highest BCUT2D eigenvalue weighted by Gasteiger charge is 2.24. The number of carbonyl (C=O) groups excluding carboxylic acids is 1. The lowest BCUT2D eigenvalue weighted by molar-refractivity contribution is 0.0525. The highest BCUT2D eigenvalue weighted by atomic mass is 16.5. The fourth-order valence-corrected chi connectivity index (χ4v) is 1.29. The zero-order chi connectivity index (χ0) is 13.1. The van der Waals surface area contributed by atoms with Crippen molar-refractivity contribution in [2.24, 2.45) is 0 Å². The summed E-state index contributed by atoms with van der Waals surface area (Å²) >= 11 is 0. The molecule has 0 saturated heterocycles. The lowest BCUT2D eigenvalue weighted by Crippen LogP contribution is -2.25. The molecule has 5 heteroatoms. The Morgan fingerprint density at radius 2 is 2.24 bits per heavy atom. The predicted molar refractivity (Wildman–Crippen MR) is 62.5 cm³/mol. The quantitative estimate of drug-likeness (QED) is 0.749. The molecule has 0 bridgehead atoms. The maximum absolute atomic E-state index is 11.6. The molecule has 1 aromatic heterocycles. The molecule has 0 aromatic carbocycles. The van der Waals surface area contributed by atoms with Crippen LogP contribution in [-0.2, 0) is 10.3 Å². The van der Waals surface area contributed by atoms with Crippen molar-refractivity contribution >= 4 is 5.97 Å². The van der Waals surface area contributed by atoms with Gasteiger partial charge < -0.3 is 4.74 Å². The number of rotatable bonds is 4. The van der Waals surface area contributed by atoms with Gasteiger partial charge >= 0.3 is 5.97 Å². The second-order valence-corrected chi connectivity index (χ2v) is 4.33. The number of nitrogens with zero attached hydrogens (tertiary/aromatic N) is 3. The van der Waals surface area contributed by atoms with Crippen LogP contribution >= 0.6 is 0 Å². The Labute approximate surface area is 101 Å². The van der Waals surface area contributed by atoms with Crippen molar-refractivity contribution in [2.45, 2.75) is 39.7 Å². The van der Waals surface area contributed by atoms with E-state index < -0.39 is 5.97 Å². The van der Waals surface area contributed by atoms with Gasteiger partial charge in [0.1, 0.15) is 11.6 Å². The third-order valence-electron chi connectivity index (χ3n) is 2.80. The van der Waals surface area contributed by atoms with E-state index in [0.717, 1.165) is 6.42 Å². The molecular formula is C12H17N3O2. The predicted octanol–water partition coefficient (Wildman–Crippen LogP) is 2.08. The van der Waals surface area contributed by atoms with E-state index in [1.807, 2.05) is 26.8 Å². The molecule has 0 radical (unpaired) electrons. The topological polar surface area (TPSA) is 67.9 Å². The summed E-state index contributed by atoms with van der Waals surface area (Å²) in [5.74, 6) is -0.498. The fraction of sp³-hybridized carbons (Fsp3) is 0.583. The van der Waals surface area contributed by atoms with Crippen LogP contribution < -0.4 is 0 Å². The van der Waals surface area contributed by atoms with Crippen LogP contribution in [-0.4, -0.2) is 22.4 Å². The number of nitriles is 1. The number of aromatic nitrogens is 2. The smallest absolute Gasteiger partial charge is 0.342 e. The van der Waals surface area contributed by atoms with E-state index in [1.54, 1.807) is 17.8 Å². The minimum Gasteiger partial charge on any atom is -0.462 e. The summed E-state index contributed by atoms with van der Waals surface area (Å²) in [6.45, 7) is 8.03. The maximum atomic E-state index is 11.6. The molecule has 1 rings (SSSR count). The van der Waals surface area contributed by atoms with Crippen molar-refractivity contribution in [2.75, 3.05) is 6.61 Å². The lowest BCUT2D eigenvalue weighted by Gasteiger charge is -2.23. The van der Waals surface area contributed by atoms with E-state index in [0.29, 0.717) is 0 Å². The van der Waals surface area contributed by atoms with Crippen LogP contribution in [0.25, 0.3) is 0 Å². The largest absolute Gasteiger partial charge is 0.462 e. The van der Waals surface area contributed by atoms with Crippen molar-refractivity contribution in [3.63, 3.8) is 0 Å². The van der Waals surface area contributed by atoms with Crippen LogP contribution in [0.1, 0.15) is 50.2 Å². The maximum Gasteiger partial charge on any atom is 0.342 e. The molecule has 0 aliphatic rings. The summed E-state index contributed by atoms with van der Waals surface area (Å²) < 4.78 is 6.54. The van der Waals surface area contributed by atoms with E-state index in [2.05, 4.69) is 5.10 Å². The summed E-state index contributed by atoms with van der Waals surface area (Å²) in [4.78, 5) is 11.6. The monoisotopic (exact) mass is 235 g/mol. The van der Waals surface area contributed by atoms with E-state index in [1.165, 1.54) is 0 Å². The zero-order valence-electron chi connectivity index (χ0n) is 10.6. The third-order valence-corrected chi connectivity index (χ3v) is 2.80. The molecule has 0 aliphatic carbocycles. The van der Waals surface area contributed by atoms with E-state index in [4.69, 9.17) is 10.00 Å². The normalized spacial score (nSPS) is 11.0. The molecule has 1 aromatic rings. The van der Waals surface area contributed by atoms with Gasteiger partial charge in [0.25, 0.3) is 0 Å². The van der Waals surface area contributed by atoms with Crippen molar-refractivity contribution in [3.05, 3.63) is 17.5 Å². The van der Waals surface area contributed by atoms with Gasteiger partial charge in [-0.1, -0.05) is 6.92 Å². The van der Waals surface area contributed by atoms with Crippen LogP contribution in [0.5, 0.6) is 0 Å². The summed E-state index contributed by atoms with van der Waals surface area (Å²) in [6.07, 6.45) is 2.43. The Balaban J connectivity index is 3.17. The van der Waals surface area contributed by atoms with Gasteiger partial charge in [0.15, 0.2) is 5.69 Å². The van der Waals surface area contributed by atoms with Gasteiger partial charge in [-0.25, -0.2) is 4.79 Å². The zero-order valence-corrected chi connectivity index (χ0v) is 10.6. The van der Waals surface area contributed by atoms with Gasteiger partial charge in [0.05, 0.1) is 12.1 Å². The average molecular weight is 235 g/mol. The average Bonchev–Trinajstić information content (AvgIpc) is 2.74. The summed E-state index contributed by atoms with van der Waals surface area (Å²) in [6, 6.07) is 1.92. The minimum absolute atomic E-state index is 0.116. The molecule has 92 valence electrons. The molecule has 1 heterocycles. The van der Waals surface area contributed by atoms with Crippen LogP contribution in [0.4, 0.5) is 0 Å². The molecule has 0 saturated carbocycles. The molecule has 0 spiro atoms. The summed E-state index contributed by atoms with van der Waals surface area (Å²) in [5.41, 5.74) is 0.122. The highest BCUT2D eigenvalue weighted by Crippen LogP contribution is 2.20. The van der Waals surface area contributed by atoms with Crippen molar-refractivity contribution in [3.8, 4) is 6.07 Å². The van der Waals surface area contributed by atoms with Gasteiger partial charge in [-0.15, -0.1) is 0 Å². The van der Waals surface area contributed by atoms with E-state index in [9.17, 15) is 4.79 Å². The van der Waals surface area contributed by atoms with Crippen molar-refractivity contribution in [1.82, 2.24) is 9.78 Å². The number of carbonyl (C=O) groups is 1. The Hall–Kier alpha value is -1.83. The summed E-state index contributed by atoms with van der Waals surface area (Å²) in [7, 11) is 0. The minimum atomic E-state index is -0.498. The molecule has 0 atom stereocenters. The van der Waals surface area contributed by atoms with Gasteiger partial charge in [0, 0.05) is 6.20 Å². The molecule has 0 fully saturated rings. The second kappa shape index (κ2) is 5.00. The second-order valence-electron chi connectivity index (χ2n) is 4.33. The first-order valence-electron chi connectivity index (χ1n) is 5.63. The van der Waals surface area contributed by atoms with Crippen molar-refractivity contribution < 1.29 is 9.53 Å². The van der Waals surface area contributed by atoms with Gasteiger partial charge in [-0.3, -0.25) is 4.68 Å². The standard InChI is InChI=1S/C12H17N3O2/c1-5-12(3,4)15-8-9(10(7-13)14-15)11(16)17-6-2/h8H,5-6H2,1-4H3. The number of hydrogen-bond acceptors (Lipinski definition) is 4.